The summed E-state index contributed by atoms with van der Waals surface area (Å²) in [6, 6.07) is 15.6. The summed E-state index contributed by atoms with van der Waals surface area (Å²) in [5.74, 6) is 1.48. The van der Waals surface area contributed by atoms with Crippen molar-refractivity contribution in [3.63, 3.8) is 0 Å². The van der Waals surface area contributed by atoms with Gasteiger partial charge in [-0.2, -0.15) is 0 Å². The highest BCUT2D eigenvalue weighted by atomic mass is 35.5. The van der Waals surface area contributed by atoms with Crippen LogP contribution in [0.4, 0.5) is 12.0 Å². The van der Waals surface area contributed by atoms with Crippen molar-refractivity contribution in [2.75, 3.05) is 11.5 Å². The van der Waals surface area contributed by atoms with Gasteiger partial charge in [-0.25, -0.2) is 9.97 Å². The lowest BCUT2D eigenvalue weighted by molar-refractivity contribution is 0.534. The molecule has 0 saturated carbocycles. The molecule has 0 unspecified atom stereocenters. The van der Waals surface area contributed by atoms with Gasteiger partial charge in [-0.05, 0) is 35.4 Å². The average molecular weight is 417 g/mol. The van der Waals surface area contributed by atoms with Crippen molar-refractivity contribution in [3.8, 4) is 0 Å². The van der Waals surface area contributed by atoms with Gasteiger partial charge < -0.3 is 20.3 Å². The van der Waals surface area contributed by atoms with Crippen molar-refractivity contribution < 1.29 is 8.83 Å². The number of aromatic nitrogens is 2. The lowest BCUT2D eigenvalue weighted by atomic mass is 10.1. The van der Waals surface area contributed by atoms with Crippen LogP contribution in [-0.2, 0) is 12.8 Å². The molecule has 0 bridgehead atoms. The number of hydrogen-bond donors (Lipinski definition) is 2. The summed E-state index contributed by atoms with van der Waals surface area (Å²) in [6.07, 6.45) is 4.56. The molecule has 6 nitrogen and oxygen atoms in total. The Kier molecular flexibility index (Phi) is 6.57. The van der Waals surface area contributed by atoms with Gasteiger partial charge in [-0.3, -0.25) is 0 Å². The average Bonchev–Trinajstić information content (AvgIpc) is 3.23. The molecule has 2 heterocycles. The molecule has 2 aromatic heterocycles. The molecule has 0 saturated heterocycles. The van der Waals surface area contributed by atoms with E-state index < -0.39 is 0 Å². The largest absolute Gasteiger partial charge is 0.429 e. The highest BCUT2D eigenvalue weighted by Gasteiger charge is 2.03. The smallest absolute Gasteiger partial charge is 0.292 e. The Labute approximate surface area is 172 Å². The predicted molar refractivity (Wildman–Crippen MR) is 110 cm³/mol. The van der Waals surface area contributed by atoms with Gasteiger partial charge in [0.05, 0.1) is 12.4 Å². The van der Waals surface area contributed by atoms with Gasteiger partial charge in [0.15, 0.2) is 0 Å². The maximum Gasteiger partial charge on any atom is 0.292 e. The first-order valence-electron chi connectivity index (χ1n) is 8.37. The van der Waals surface area contributed by atoms with Crippen molar-refractivity contribution in [1.29, 1.82) is 0 Å². The van der Waals surface area contributed by atoms with Crippen LogP contribution in [0.25, 0.3) is 0 Å². The van der Waals surface area contributed by atoms with Gasteiger partial charge in [0.1, 0.15) is 11.5 Å². The van der Waals surface area contributed by atoms with Crippen molar-refractivity contribution in [2.24, 2.45) is 0 Å². The number of nitrogens with two attached hydrogens (primary N) is 2. The summed E-state index contributed by atoms with van der Waals surface area (Å²) in [7, 11) is 0. The van der Waals surface area contributed by atoms with E-state index >= 15 is 0 Å². The van der Waals surface area contributed by atoms with Crippen LogP contribution in [0.2, 0.25) is 10.0 Å². The number of nitrogen functional groups attached to an aromatic ring is 2. The Morgan fingerprint density at radius 2 is 1.14 bits per heavy atom. The summed E-state index contributed by atoms with van der Waals surface area (Å²) in [5.41, 5.74) is 12.9. The van der Waals surface area contributed by atoms with Gasteiger partial charge >= 0.3 is 0 Å². The second kappa shape index (κ2) is 9.30. The first-order valence-corrected chi connectivity index (χ1v) is 9.13. The number of nitrogens with zero attached hydrogens (tertiary/aromatic N) is 2. The molecule has 4 N–H and O–H groups in total. The van der Waals surface area contributed by atoms with Crippen LogP contribution in [0.1, 0.15) is 22.6 Å². The van der Waals surface area contributed by atoms with E-state index in [1.165, 1.54) is 0 Å². The van der Waals surface area contributed by atoms with Crippen LogP contribution >= 0.6 is 23.2 Å². The van der Waals surface area contributed by atoms with Crippen LogP contribution < -0.4 is 11.5 Å². The van der Waals surface area contributed by atoms with Crippen LogP contribution in [-0.4, -0.2) is 9.97 Å². The van der Waals surface area contributed by atoms with Gasteiger partial charge in [0, 0.05) is 22.9 Å². The molecular weight excluding hydrogens is 399 g/mol. The van der Waals surface area contributed by atoms with Gasteiger partial charge in [0.2, 0.25) is 0 Å². The van der Waals surface area contributed by atoms with Crippen molar-refractivity contribution in [2.45, 2.75) is 12.8 Å². The molecule has 0 spiro atoms. The zero-order valence-electron chi connectivity index (χ0n) is 14.8. The van der Waals surface area contributed by atoms with Crippen LogP contribution in [0.5, 0.6) is 0 Å². The summed E-state index contributed by atoms with van der Waals surface area (Å²) < 4.78 is 10.3. The maximum atomic E-state index is 5.85. The molecule has 8 heteroatoms. The van der Waals surface area contributed by atoms with Crippen molar-refractivity contribution in [3.05, 3.63) is 93.6 Å². The zero-order valence-corrected chi connectivity index (χ0v) is 16.3. The monoisotopic (exact) mass is 416 g/mol. The van der Waals surface area contributed by atoms with Crippen LogP contribution in [0.15, 0.2) is 69.8 Å². The topological polar surface area (TPSA) is 104 Å². The summed E-state index contributed by atoms with van der Waals surface area (Å²) in [4.78, 5) is 7.63. The van der Waals surface area contributed by atoms with E-state index in [1.807, 2.05) is 48.5 Å². The van der Waals surface area contributed by atoms with E-state index in [-0.39, 0.29) is 12.0 Å². The van der Waals surface area contributed by atoms with E-state index in [0.29, 0.717) is 12.8 Å². The Hall–Kier alpha value is -2.96. The normalized spacial score (nSPS) is 10.4. The van der Waals surface area contributed by atoms with Crippen LogP contribution in [0.3, 0.4) is 0 Å². The minimum atomic E-state index is 0.196. The highest BCUT2D eigenvalue weighted by molar-refractivity contribution is 6.30. The molecule has 2 aromatic carbocycles. The second-order valence-electron chi connectivity index (χ2n) is 5.94. The minimum Gasteiger partial charge on any atom is -0.429 e. The molecule has 4 rings (SSSR count). The molecule has 144 valence electrons. The molecule has 0 radical (unpaired) electrons. The molecule has 0 aliphatic heterocycles. The lowest BCUT2D eigenvalue weighted by Crippen LogP contribution is -1.85. The fourth-order valence-corrected chi connectivity index (χ4v) is 2.93. The van der Waals surface area contributed by atoms with Gasteiger partial charge in [0.25, 0.3) is 12.0 Å². The molecule has 0 atom stereocenters. The molecule has 0 aliphatic rings. The fraction of sp³-hybridized carbons (Fsp3) is 0.100. The summed E-state index contributed by atoms with van der Waals surface area (Å²) in [5, 5.41) is 1.44. The summed E-state index contributed by atoms with van der Waals surface area (Å²) in [6.45, 7) is 0. The Bertz CT molecular complexity index is 962. The third kappa shape index (κ3) is 6.04. The van der Waals surface area contributed by atoms with Gasteiger partial charge in [-0.15, -0.1) is 0 Å². The fourth-order valence-electron chi connectivity index (χ4n) is 2.50. The van der Waals surface area contributed by atoms with E-state index in [0.717, 1.165) is 32.7 Å². The number of hydrogen-bond acceptors (Lipinski definition) is 6. The molecule has 4 aromatic rings. The molecular formula is C20H18Cl2N4O2. The summed E-state index contributed by atoms with van der Waals surface area (Å²) >= 11 is 11.7. The van der Waals surface area contributed by atoms with E-state index in [2.05, 4.69) is 9.97 Å². The first kappa shape index (κ1) is 19.8. The molecule has 0 fully saturated rings. The third-order valence-corrected chi connectivity index (χ3v) is 4.15. The van der Waals surface area contributed by atoms with E-state index in [4.69, 9.17) is 43.5 Å². The van der Waals surface area contributed by atoms with Crippen molar-refractivity contribution >= 4 is 35.2 Å². The quantitative estimate of drug-likeness (QED) is 0.484. The third-order valence-electron chi connectivity index (χ3n) is 3.68. The number of rotatable bonds is 4. The van der Waals surface area contributed by atoms with Crippen LogP contribution in [0, 0.1) is 0 Å². The first-order chi connectivity index (χ1) is 13.5. The zero-order chi connectivity index (χ0) is 19.9. The highest BCUT2D eigenvalue weighted by Crippen LogP contribution is 2.16. The SMILES string of the molecule is Nc1ncc(Cc2cccc(Cl)c2)o1.Nc1ncc(Cc2cccc(Cl)c2)o1. The number of anilines is 2. The Balaban J connectivity index is 0.000000161. The Morgan fingerprint density at radius 1 is 0.714 bits per heavy atom. The molecule has 28 heavy (non-hydrogen) atoms. The lowest BCUT2D eigenvalue weighted by Gasteiger charge is -1.97. The van der Waals surface area contributed by atoms with E-state index in [1.54, 1.807) is 12.4 Å². The maximum absolute atomic E-state index is 5.85. The second-order valence-corrected chi connectivity index (χ2v) is 6.82. The minimum absolute atomic E-state index is 0.196. The Morgan fingerprint density at radius 3 is 1.46 bits per heavy atom. The standard InChI is InChI=1S/2C10H9ClN2O/c2*11-8-3-1-2-7(4-8)5-9-6-13-10(12)14-9/h2*1-4,6H,5H2,(H2,12,13). The molecule has 0 amide bonds. The number of oxazole rings is 2. The van der Waals surface area contributed by atoms with Crippen molar-refractivity contribution in [1.82, 2.24) is 9.97 Å². The number of halogens is 2. The molecule has 0 aliphatic carbocycles. The van der Waals surface area contributed by atoms with E-state index in [9.17, 15) is 0 Å². The number of benzene rings is 2. The predicted octanol–water partition coefficient (Wildman–Crippen LogP) is 5.00. The van der Waals surface area contributed by atoms with Gasteiger partial charge in [-0.1, -0.05) is 47.5 Å².